The minimum Gasteiger partial charge on any atom is -0.304 e. The Hall–Kier alpha value is -2.77. The molecule has 1 aliphatic rings. The summed E-state index contributed by atoms with van der Waals surface area (Å²) in [6, 6.07) is 3.02. The van der Waals surface area contributed by atoms with Crippen molar-refractivity contribution in [2.75, 3.05) is 11.4 Å². The largest absolute Gasteiger partial charge is 0.322 e. The molecule has 2 aromatic rings. The predicted octanol–water partition coefficient (Wildman–Crippen LogP) is 3.16. The maximum Gasteiger partial charge on any atom is 0.322 e. The number of anilines is 1. The molecule has 1 aliphatic heterocycles. The van der Waals surface area contributed by atoms with Crippen molar-refractivity contribution < 1.29 is 14.1 Å². The third kappa shape index (κ3) is 2.67. The summed E-state index contributed by atoms with van der Waals surface area (Å²) in [5, 5.41) is 15.5. The number of rotatable bonds is 3. The van der Waals surface area contributed by atoms with Gasteiger partial charge in [0, 0.05) is 13.1 Å². The van der Waals surface area contributed by atoms with E-state index in [1.807, 2.05) is 6.92 Å². The van der Waals surface area contributed by atoms with Gasteiger partial charge in [-0.2, -0.15) is 5.10 Å². The first-order valence-corrected chi connectivity index (χ1v) is 8.18. The molecule has 8 heteroatoms. The van der Waals surface area contributed by atoms with Crippen molar-refractivity contribution in [2.24, 2.45) is 0 Å². The molecule has 2 heterocycles. The molecule has 1 aromatic carbocycles. The molecule has 7 nitrogen and oxygen atoms in total. The van der Waals surface area contributed by atoms with Crippen molar-refractivity contribution in [3.8, 4) is 0 Å². The molecule has 0 spiro atoms. The number of fused-ring (bicyclic) bond motifs is 1. The Kier molecular flexibility index (Phi) is 4.28. The summed E-state index contributed by atoms with van der Waals surface area (Å²) in [5.41, 5.74) is 1.68. The summed E-state index contributed by atoms with van der Waals surface area (Å²) in [5.74, 6) is -1.07. The Bertz CT molecular complexity index is 875. The highest BCUT2D eigenvalue weighted by Crippen LogP contribution is 2.35. The van der Waals surface area contributed by atoms with Crippen molar-refractivity contribution in [3.05, 3.63) is 50.6 Å². The first kappa shape index (κ1) is 17.1. The molecular weight excluding hydrogens is 327 g/mol. The first-order valence-electron chi connectivity index (χ1n) is 8.18. The summed E-state index contributed by atoms with van der Waals surface area (Å²) in [6.45, 7) is 5.75. The number of carbonyl (C=O) groups excluding carboxylic acids is 1. The van der Waals surface area contributed by atoms with Gasteiger partial charge in [-0.3, -0.25) is 19.6 Å². The van der Waals surface area contributed by atoms with E-state index in [9.17, 15) is 19.3 Å². The van der Waals surface area contributed by atoms with Crippen LogP contribution in [-0.2, 0) is 13.0 Å². The first-order chi connectivity index (χ1) is 11.9. The van der Waals surface area contributed by atoms with Crippen LogP contribution in [0.4, 0.5) is 15.8 Å². The van der Waals surface area contributed by atoms with Crippen molar-refractivity contribution >= 4 is 17.3 Å². The smallest absolute Gasteiger partial charge is 0.304 e. The van der Waals surface area contributed by atoms with Crippen molar-refractivity contribution in [3.63, 3.8) is 0 Å². The van der Waals surface area contributed by atoms with Crippen LogP contribution < -0.4 is 4.90 Å². The topological polar surface area (TPSA) is 81.3 Å². The van der Waals surface area contributed by atoms with Crippen LogP contribution in [0.3, 0.4) is 0 Å². The number of benzene rings is 1. The third-order valence-corrected chi connectivity index (χ3v) is 4.57. The van der Waals surface area contributed by atoms with E-state index in [1.54, 1.807) is 13.0 Å². The third-order valence-electron chi connectivity index (χ3n) is 4.57. The van der Waals surface area contributed by atoms with E-state index in [0.29, 0.717) is 25.9 Å². The van der Waals surface area contributed by atoms with Gasteiger partial charge in [-0.05, 0) is 50.8 Å². The Labute approximate surface area is 144 Å². The molecular formula is C17H19FN4O3. The molecule has 0 bridgehead atoms. The number of carbonyl (C=O) groups is 1. The molecule has 0 N–H and O–H groups in total. The number of nitrogens with zero attached hydrogens (tertiary/aromatic N) is 4. The fourth-order valence-corrected chi connectivity index (χ4v) is 3.40. The Morgan fingerprint density at radius 1 is 1.40 bits per heavy atom. The Morgan fingerprint density at radius 3 is 2.76 bits per heavy atom. The molecule has 0 aliphatic carbocycles. The van der Waals surface area contributed by atoms with Gasteiger partial charge in [-0.1, -0.05) is 6.07 Å². The van der Waals surface area contributed by atoms with E-state index >= 15 is 0 Å². The molecule has 0 radical (unpaired) electrons. The second-order valence-corrected chi connectivity index (χ2v) is 6.11. The number of nitro groups is 1. The van der Waals surface area contributed by atoms with Gasteiger partial charge in [-0.25, -0.2) is 4.39 Å². The Morgan fingerprint density at radius 2 is 2.12 bits per heavy atom. The summed E-state index contributed by atoms with van der Waals surface area (Å²) in [4.78, 5) is 25.3. The number of aromatic nitrogens is 2. The van der Waals surface area contributed by atoms with Crippen LogP contribution in [0.1, 0.15) is 40.7 Å². The fourth-order valence-electron chi connectivity index (χ4n) is 3.40. The molecule has 1 aromatic heterocycles. The van der Waals surface area contributed by atoms with Gasteiger partial charge >= 0.3 is 5.69 Å². The van der Waals surface area contributed by atoms with Gasteiger partial charge in [0.15, 0.2) is 0 Å². The summed E-state index contributed by atoms with van der Waals surface area (Å²) >= 11 is 0. The predicted molar refractivity (Wildman–Crippen MR) is 90.4 cm³/mol. The van der Waals surface area contributed by atoms with Crippen LogP contribution in [0.15, 0.2) is 12.1 Å². The van der Waals surface area contributed by atoms with Gasteiger partial charge < -0.3 is 4.90 Å². The molecule has 0 saturated carbocycles. The van der Waals surface area contributed by atoms with E-state index in [2.05, 4.69) is 5.10 Å². The second-order valence-electron chi connectivity index (χ2n) is 6.11. The number of hydrogen-bond donors (Lipinski definition) is 0. The lowest BCUT2D eigenvalue weighted by Gasteiger charge is -2.30. The lowest BCUT2D eigenvalue weighted by molar-refractivity contribution is -0.385. The Balaban J connectivity index is 2.17. The van der Waals surface area contributed by atoms with Gasteiger partial charge in [0.1, 0.15) is 11.5 Å². The molecule has 1 amide bonds. The molecule has 0 saturated heterocycles. The maximum absolute atomic E-state index is 14.5. The average molecular weight is 346 g/mol. The molecule has 0 fully saturated rings. The zero-order valence-corrected chi connectivity index (χ0v) is 14.4. The molecule has 3 rings (SSSR count). The van der Waals surface area contributed by atoms with E-state index in [1.165, 1.54) is 22.6 Å². The normalized spacial score (nSPS) is 13.7. The van der Waals surface area contributed by atoms with E-state index in [0.717, 1.165) is 11.1 Å². The zero-order chi connectivity index (χ0) is 18.3. The van der Waals surface area contributed by atoms with Crippen LogP contribution in [0, 0.1) is 29.8 Å². The van der Waals surface area contributed by atoms with Gasteiger partial charge in [-0.15, -0.1) is 0 Å². The average Bonchev–Trinajstić information content (AvgIpc) is 2.93. The van der Waals surface area contributed by atoms with Crippen molar-refractivity contribution in [1.82, 2.24) is 9.78 Å². The highest BCUT2D eigenvalue weighted by atomic mass is 19.1. The summed E-state index contributed by atoms with van der Waals surface area (Å²) < 4.78 is 15.8. The lowest BCUT2D eigenvalue weighted by Crippen LogP contribution is -2.38. The number of aryl methyl sites for hydroxylation is 3. The van der Waals surface area contributed by atoms with Crippen LogP contribution >= 0.6 is 0 Å². The number of amides is 1. The van der Waals surface area contributed by atoms with E-state index in [4.69, 9.17) is 0 Å². The highest BCUT2D eigenvalue weighted by molar-refractivity contribution is 6.08. The van der Waals surface area contributed by atoms with Crippen molar-refractivity contribution in [2.45, 2.75) is 40.2 Å². The van der Waals surface area contributed by atoms with Crippen LogP contribution in [-0.4, -0.2) is 27.2 Å². The minimum absolute atomic E-state index is 0.0984. The number of hydrogen-bond acceptors (Lipinski definition) is 4. The van der Waals surface area contributed by atoms with E-state index < -0.39 is 16.6 Å². The molecule has 0 atom stereocenters. The minimum atomic E-state index is -0.598. The maximum atomic E-state index is 14.5. The SMILES string of the molecule is CCn1nc(C)c([N+](=O)[O-])c1C(=O)N1CCCc2c(C)ccc(F)c21. The van der Waals surface area contributed by atoms with Gasteiger partial charge in [0.05, 0.1) is 10.6 Å². The molecule has 25 heavy (non-hydrogen) atoms. The standard InChI is InChI=1S/C17H19FN4O3/c1-4-21-16(14(22(24)25)11(3)19-21)17(23)20-9-5-6-12-10(2)7-8-13(18)15(12)20/h7-8H,4-6,9H2,1-3H3. The zero-order valence-electron chi connectivity index (χ0n) is 14.4. The second kappa shape index (κ2) is 6.27. The van der Waals surface area contributed by atoms with Crippen molar-refractivity contribution in [1.29, 1.82) is 0 Å². The van der Waals surface area contributed by atoms with Crippen LogP contribution in [0.2, 0.25) is 0 Å². The molecule has 132 valence electrons. The monoisotopic (exact) mass is 346 g/mol. The van der Waals surface area contributed by atoms with Gasteiger partial charge in [0.25, 0.3) is 5.91 Å². The number of halogens is 1. The van der Waals surface area contributed by atoms with Crippen LogP contribution in [0.25, 0.3) is 0 Å². The summed E-state index contributed by atoms with van der Waals surface area (Å²) in [7, 11) is 0. The fraction of sp³-hybridized carbons (Fsp3) is 0.412. The van der Waals surface area contributed by atoms with Gasteiger partial charge in [0.2, 0.25) is 5.69 Å². The quantitative estimate of drug-likeness (QED) is 0.631. The lowest BCUT2D eigenvalue weighted by atomic mass is 9.96. The van der Waals surface area contributed by atoms with E-state index in [-0.39, 0.29) is 22.8 Å². The highest BCUT2D eigenvalue weighted by Gasteiger charge is 2.36. The molecule has 0 unspecified atom stereocenters. The summed E-state index contributed by atoms with van der Waals surface area (Å²) in [6.07, 6.45) is 1.35. The van der Waals surface area contributed by atoms with Crippen LogP contribution in [0.5, 0.6) is 0 Å².